The summed E-state index contributed by atoms with van der Waals surface area (Å²) in [5, 5.41) is 0.860. The predicted octanol–water partition coefficient (Wildman–Crippen LogP) is 1.95. The van der Waals surface area contributed by atoms with Gasteiger partial charge in [-0.15, -0.1) is 0 Å². The van der Waals surface area contributed by atoms with E-state index >= 15 is 0 Å². The number of primary amides is 1. The van der Waals surface area contributed by atoms with Crippen molar-refractivity contribution in [3.05, 3.63) is 33.8 Å². The zero-order valence-corrected chi connectivity index (χ0v) is 10.6. The van der Waals surface area contributed by atoms with E-state index in [1.165, 1.54) is 13.0 Å². The second-order valence-electron chi connectivity index (χ2n) is 3.45. The highest BCUT2D eigenvalue weighted by Gasteiger charge is 2.15. The van der Waals surface area contributed by atoms with E-state index in [0.29, 0.717) is 15.6 Å². The summed E-state index contributed by atoms with van der Waals surface area (Å²) in [7, 11) is 0. The lowest BCUT2D eigenvalue weighted by molar-refractivity contribution is -0.153. The molecule has 0 saturated heterocycles. The Morgan fingerprint density at radius 1 is 1.41 bits per heavy atom. The van der Waals surface area contributed by atoms with Crippen LogP contribution in [0.15, 0.2) is 18.2 Å². The normalized spacial score (nSPS) is 11.9. The van der Waals surface area contributed by atoms with Crippen LogP contribution in [0.2, 0.25) is 10.0 Å². The van der Waals surface area contributed by atoms with Crippen LogP contribution < -0.4 is 5.73 Å². The summed E-state index contributed by atoms with van der Waals surface area (Å²) in [6, 6.07) is 4.78. The maximum atomic E-state index is 11.4. The van der Waals surface area contributed by atoms with Crippen molar-refractivity contribution in [2.45, 2.75) is 19.4 Å². The zero-order chi connectivity index (χ0) is 13.0. The van der Waals surface area contributed by atoms with Gasteiger partial charge < -0.3 is 10.5 Å². The lowest BCUT2D eigenvalue weighted by atomic mass is 10.1. The number of ether oxygens (including phenoxy) is 1. The van der Waals surface area contributed by atoms with Crippen molar-refractivity contribution in [1.29, 1.82) is 0 Å². The van der Waals surface area contributed by atoms with Crippen molar-refractivity contribution in [3.63, 3.8) is 0 Å². The smallest absolute Gasteiger partial charge is 0.311 e. The van der Waals surface area contributed by atoms with Crippen molar-refractivity contribution < 1.29 is 14.3 Å². The molecule has 0 unspecified atom stereocenters. The van der Waals surface area contributed by atoms with E-state index < -0.39 is 18.0 Å². The number of rotatable bonds is 4. The fourth-order valence-corrected chi connectivity index (χ4v) is 1.59. The van der Waals surface area contributed by atoms with Gasteiger partial charge in [0.2, 0.25) is 0 Å². The first-order valence-corrected chi connectivity index (χ1v) is 5.58. The van der Waals surface area contributed by atoms with Crippen LogP contribution in [0.1, 0.15) is 12.5 Å². The molecule has 0 spiro atoms. The molecule has 1 amide bonds. The fraction of sp³-hybridized carbons (Fsp3) is 0.273. The average molecular weight is 276 g/mol. The van der Waals surface area contributed by atoms with Crippen LogP contribution in [0.5, 0.6) is 0 Å². The molecule has 0 aliphatic carbocycles. The number of halogens is 2. The van der Waals surface area contributed by atoms with Gasteiger partial charge in [0.15, 0.2) is 6.10 Å². The van der Waals surface area contributed by atoms with Crippen LogP contribution >= 0.6 is 23.2 Å². The first kappa shape index (κ1) is 13.8. The van der Waals surface area contributed by atoms with Gasteiger partial charge in [-0.1, -0.05) is 29.3 Å². The van der Waals surface area contributed by atoms with E-state index in [1.807, 2.05) is 0 Å². The first-order valence-electron chi connectivity index (χ1n) is 4.83. The van der Waals surface area contributed by atoms with Crippen LogP contribution in [0, 0.1) is 0 Å². The molecule has 6 heteroatoms. The number of carbonyl (C=O) groups is 2. The summed E-state index contributed by atoms with van der Waals surface area (Å²) in [5.74, 6) is -1.26. The molecule has 1 rings (SSSR count). The summed E-state index contributed by atoms with van der Waals surface area (Å²) in [4.78, 5) is 22.1. The molecule has 17 heavy (non-hydrogen) atoms. The number of amides is 1. The summed E-state index contributed by atoms with van der Waals surface area (Å²) in [6.45, 7) is 1.41. The Kier molecular flexibility index (Phi) is 4.78. The maximum absolute atomic E-state index is 11.4. The van der Waals surface area contributed by atoms with Crippen LogP contribution in [0.4, 0.5) is 0 Å². The molecule has 0 fully saturated rings. The molecule has 1 aromatic carbocycles. The second kappa shape index (κ2) is 5.89. The molecule has 0 aliphatic rings. The van der Waals surface area contributed by atoms with Crippen molar-refractivity contribution in [1.82, 2.24) is 0 Å². The number of benzene rings is 1. The fourth-order valence-electron chi connectivity index (χ4n) is 1.12. The molecule has 0 heterocycles. The van der Waals surface area contributed by atoms with Crippen LogP contribution in [0.3, 0.4) is 0 Å². The maximum Gasteiger partial charge on any atom is 0.311 e. The molecule has 0 aliphatic heterocycles. The summed E-state index contributed by atoms with van der Waals surface area (Å²) >= 11 is 11.6. The van der Waals surface area contributed by atoms with Gasteiger partial charge >= 0.3 is 5.97 Å². The second-order valence-corrected chi connectivity index (χ2v) is 4.29. The minimum absolute atomic E-state index is 0.0341. The third-order valence-corrected chi connectivity index (χ3v) is 2.65. The number of esters is 1. The third kappa shape index (κ3) is 4.24. The van der Waals surface area contributed by atoms with E-state index in [9.17, 15) is 9.59 Å². The Morgan fingerprint density at radius 3 is 2.59 bits per heavy atom. The van der Waals surface area contributed by atoms with Crippen molar-refractivity contribution in [2.75, 3.05) is 0 Å². The quantitative estimate of drug-likeness (QED) is 0.854. The van der Waals surface area contributed by atoms with Crippen molar-refractivity contribution in [3.8, 4) is 0 Å². The van der Waals surface area contributed by atoms with Crippen LogP contribution in [-0.2, 0) is 20.7 Å². The van der Waals surface area contributed by atoms with Gasteiger partial charge in [0, 0.05) is 10.0 Å². The highest BCUT2D eigenvalue weighted by atomic mass is 35.5. The Morgan fingerprint density at radius 2 is 2.06 bits per heavy atom. The average Bonchev–Trinajstić information content (AvgIpc) is 2.22. The monoisotopic (exact) mass is 275 g/mol. The Bertz CT molecular complexity index is 448. The number of hydrogen-bond acceptors (Lipinski definition) is 3. The summed E-state index contributed by atoms with van der Waals surface area (Å²) in [6.07, 6.45) is -0.984. The standard InChI is InChI=1S/C11H11Cl2NO3/c1-6(11(14)16)17-10(15)4-7-2-3-8(12)5-9(7)13/h2-3,5-6H,4H2,1H3,(H2,14,16)/t6-/m1/s1. The largest absolute Gasteiger partial charge is 0.452 e. The minimum atomic E-state index is -0.950. The van der Waals surface area contributed by atoms with Gasteiger partial charge in [0.05, 0.1) is 6.42 Å². The highest BCUT2D eigenvalue weighted by Crippen LogP contribution is 2.21. The lowest BCUT2D eigenvalue weighted by Gasteiger charge is -2.10. The van der Waals surface area contributed by atoms with Gasteiger partial charge in [-0.25, -0.2) is 0 Å². The summed E-state index contributed by atoms with van der Waals surface area (Å²) in [5.41, 5.74) is 5.55. The molecule has 1 atom stereocenters. The van der Waals surface area contributed by atoms with Crippen molar-refractivity contribution >= 4 is 35.1 Å². The number of carbonyl (C=O) groups excluding carboxylic acids is 2. The van der Waals surface area contributed by atoms with Crippen LogP contribution in [0.25, 0.3) is 0 Å². The molecule has 0 bridgehead atoms. The molecule has 0 saturated carbocycles. The number of hydrogen-bond donors (Lipinski definition) is 1. The topological polar surface area (TPSA) is 69.4 Å². The lowest BCUT2D eigenvalue weighted by Crippen LogP contribution is -2.30. The van der Waals surface area contributed by atoms with Gasteiger partial charge in [0.1, 0.15) is 0 Å². The predicted molar refractivity (Wildman–Crippen MR) is 64.9 cm³/mol. The molecular formula is C11H11Cl2NO3. The zero-order valence-electron chi connectivity index (χ0n) is 9.07. The third-order valence-electron chi connectivity index (χ3n) is 2.06. The molecule has 92 valence electrons. The molecule has 0 radical (unpaired) electrons. The SMILES string of the molecule is C[C@@H](OC(=O)Cc1ccc(Cl)cc1Cl)C(N)=O. The van der Waals surface area contributed by atoms with Gasteiger partial charge in [-0.05, 0) is 24.6 Å². The van der Waals surface area contributed by atoms with E-state index in [0.717, 1.165) is 0 Å². The molecule has 2 N–H and O–H groups in total. The Labute approximate surface area is 109 Å². The Balaban J connectivity index is 2.65. The van der Waals surface area contributed by atoms with E-state index in [2.05, 4.69) is 0 Å². The highest BCUT2D eigenvalue weighted by molar-refractivity contribution is 6.35. The molecule has 0 aromatic heterocycles. The Hall–Kier alpha value is -1.26. The summed E-state index contributed by atoms with van der Waals surface area (Å²) < 4.78 is 4.80. The van der Waals surface area contributed by atoms with Crippen molar-refractivity contribution in [2.24, 2.45) is 5.73 Å². The van der Waals surface area contributed by atoms with E-state index in [-0.39, 0.29) is 6.42 Å². The molecule has 4 nitrogen and oxygen atoms in total. The number of nitrogens with two attached hydrogens (primary N) is 1. The van der Waals surface area contributed by atoms with Crippen LogP contribution in [-0.4, -0.2) is 18.0 Å². The van der Waals surface area contributed by atoms with E-state index in [4.69, 9.17) is 33.7 Å². The minimum Gasteiger partial charge on any atom is -0.452 e. The molecule has 1 aromatic rings. The van der Waals surface area contributed by atoms with Gasteiger partial charge in [0.25, 0.3) is 5.91 Å². The first-order chi connectivity index (χ1) is 7.90. The molecular weight excluding hydrogens is 265 g/mol. The van der Waals surface area contributed by atoms with Gasteiger partial charge in [-0.3, -0.25) is 9.59 Å². The van der Waals surface area contributed by atoms with E-state index in [1.54, 1.807) is 12.1 Å². The van der Waals surface area contributed by atoms with Gasteiger partial charge in [-0.2, -0.15) is 0 Å².